The van der Waals surface area contributed by atoms with Gasteiger partial charge < -0.3 is 4.90 Å². The summed E-state index contributed by atoms with van der Waals surface area (Å²) in [5.41, 5.74) is 0.275. The summed E-state index contributed by atoms with van der Waals surface area (Å²) in [7, 11) is 0. The number of halogens is 1. The van der Waals surface area contributed by atoms with Crippen LogP contribution in [0.3, 0.4) is 0 Å². The van der Waals surface area contributed by atoms with E-state index in [4.69, 9.17) is 5.26 Å². The van der Waals surface area contributed by atoms with Crippen LogP contribution in [0.5, 0.6) is 0 Å². The minimum Gasteiger partial charge on any atom is -0.343 e. The Balaban J connectivity index is 1.43. The van der Waals surface area contributed by atoms with Gasteiger partial charge in [-0.25, -0.2) is 0 Å². The molecule has 1 saturated heterocycles. The molecule has 5 fully saturated rings. The largest absolute Gasteiger partial charge is 0.343 e. The summed E-state index contributed by atoms with van der Waals surface area (Å²) in [6, 6.07) is 2.35. The van der Waals surface area contributed by atoms with Crippen LogP contribution < -0.4 is 0 Å². The summed E-state index contributed by atoms with van der Waals surface area (Å²) in [5.74, 6) is 2.21. The molecule has 2 atom stereocenters. The maximum atomic E-state index is 12.8. The predicted octanol–water partition coefficient (Wildman–Crippen LogP) is 3.87. The van der Waals surface area contributed by atoms with E-state index in [1.54, 1.807) is 0 Å². The Morgan fingerprint density at radius 1 is 1.18 bits per heavy atom. The highest BCUT2D eigenvalue weighted by atomic mass is 79.9. The monoisotopic (exact) mass is 364 g/mol. The van der Waals surface area contributed by atoms with Gasteiger partial charge in [0.2, 0.25) is 5.91 Å². The number of carbonyl (C=O) groups is 1. The molecule has 22 heavy (non-hydrogen) atoms. The molecule has 1 amide bonds. The number of rotatable bonds is 2. The maximum Gasteiger partial charge on any atom is 0.223 e. The number of carbonyl (C=O) groups excluding carboxylic acids is 1. The molecule has 120 valence electrons. The van der Waals surface area contributed by atoms with Crippen LogP contribution in [0.15, 0.2) is 0 Å². The molecule has 5 rings (SSSR count). The Bertz CT molecular complexity index is 504. The van der Waals surface area contributed by atoms with Crippen molar-refractivity contribution in [3.8, 4) is 6.07 Å². The van der Waals surface area contributed by atoms with Crippen LogP contribution in [0.1, 0.15) is 57.8 Å². The van der Waals surface area contributed by atoms with Crippen molar-refractivity contribution in [2.75, 3.05) is 13.1 Å². The molecule has 4 bridgehead atoms. The zero-order valence-electron chi connectivity index (χ0n) is 13.2. The molecule has 1 aliphatic heterocycles. The fourth-order valence-corrected chi connectivity index (χ4v) is 7.74. The first kappa shape index (κ1) is 15.0. The van der Waals surface area contributed by atoms with Gasteiger partial charge in [-0.15, -0.1) is 0 Å². The Morgan fingerprint density at radius 3 is 2.36 bits per heavy atom. The van der Waals surface area contributed by atoms with Gasteiger partial charge in [0.1, 0.15) is 0 Å². The average molecular weight is 365 g/mol. The quantitative estimate of drug-likeness (QED) is 0.698. The van der Waals surface area contributed by atoms with E-state index >= 15 is 0 Å². The molecule has 0 spiro atoms. The highest BCUT2D eigenvalue weighted by Gasteiger charge is 2.57. The Labute approximate surface area is 141 Å². The van der Waals surface area contributed by atoms with E-state index in [1.165, 1.54) is 38.5 Å². The first-order valence-corrected chi connectivity index (χ1v) is 9.65. The molecule has 4 saturated carbocycles. The van der Waals surface area contributed by atoms with Crippen molar-refractivity contribution >= 4 is 21.8 Å². The van der Waals surface area contributed by atoms with E-state index in [-0.39, 0.29) is 11.3 Å². The molecule has 0 aromatic rings. The Kier molecular flexibility index (Phi) is 3.56. The number of nitrogens with zero attached hydrogens (tertiary/aromatic N) is 2. The molecule has 4 aliphatic carbocycles. The number of piperidine rings is 1. The third-order valence-electron chi connectivity index (χ3n) is 6.67. The smallest absolute Gasteiger partial charge is 0.223 e. The minimum atomic E-state index is 0.161. The van der Waals surface area contributed by atoms with E-state index in [0.717, 1.165) is 44.2 Å². The van der Waals surface area contributed by atoms with Crippen molar-refractivity contribution in [3.05, 3.63) is 0 Å². The van der Waals surface area contributed by atoms with Crippen LogP contribution in [0.2, 0.25) is 0 Å². The fraction of sp³-hybridized carbons (Fsp3) is 0.889. The average Bonchev–Trinajstić information content (AvgIpc) is 2.44. The van der Waals surface area contributed by atoms with Crippen molar-refractivity contribution in [2.24, 2.45) is 23.2 Å². The highest BCUT2D eigenvalue weighted by Crippen LogP contribution is 2.65. The van der Waals surface area contributed by atoms with Crippen LogP contribution in [0, 0.1) is 34.5 Å². The molecular weight excluding hydrogens is 340 g/mol. The number of hydrogen-bond acceptors (Lipinski definition) is 2. The van der Waals surface area contributed by atoms with Gasteiger partial charge in [-0.3, -0.25) is 4.79 Å². The van der Waals surface area contributed by atoms with E-state index in [2.05, 4.69) is 22.0 Å². The summed E-state index contributed by atoms with van der Waals surface area (Å²) in [6.07, 6.45) is 10.3. The molecule has 0 aromatic carbocycles. The summed E-state index contributed by atoms with van der Waals surface area (Å²) >= 11 is 4.03. The van der Waals surface area contributed by atoms with E-state index in [9.17, 15) is 4.79 Å². The van der Waals surface area contributed by atoms with Gasteiger partial charge in [0, 0.05) is 29.8 Å². The molecule has 3 nitrogen and oxygen atoms in total. The third-order valence-corrected chi connectivity index (χ3v) is 7.60. The predicted molar refractivity (Wildman–Crippen MR) is 88.3 cm³/mol. The summed E-state index contributed by atoms with van der Waals surface area (Å²) in [6.45, 7) is 1.58. The SMILES string of the molecule is N#CC1CCN(C(=O)CC23C[C@H]4C[C@@H](CC(Br)(C4)C2)C3)CC1. The Morgan fingerprint density at radius 2 is 1.82 bits per heavy atom. The standard InChI is InChI=1S/C18H25BrN2O/c19-18-8-14-5-15(9-18)7-17(6-14,12-18)10-16(22)21-3-1-13(11-20)2-4-21/h13-15H,1-10,12H2/t14-,15-,17?,18?/m1/s1. The number of hydrogen-bond donors (Lipinski definition) is 0. The van der Waals surface area contributed by atoms with Gasteiger partial charge in [0.05, 0.1) is 6.07 Å². The van der Waals surface area contributed by atoms with Gasteiger partial charge in [0.15, 0.2) is 0 Å². The van der Waals surface area contributed by atoms with Gasteiger partial charge in [0.25, 0.3) is 0 Å². The minimum absolute atomic E-state index is 0.161. The molecule has 0 aromatic heterocycles. The van der Waals surface area contributed by atoms with Crippen molar-refractivity contribution in [1.29, 1.82) is 5.26 Å². The number of likely N-dealkylation sites (tertiary alicyclic amines) is 1. The molecule has 5 aliphatic rings. The van der Waals surface area contributed by atoms with Gasteiger partial charge >= 0.3 is 0 Å². The lowest BCUT2D eigenvalue weighted by Gasteiger charge is -2.60. The number of nitriles is 1. The first-order valence-electron chi connectivity index (χ1n) is 8.86. The van der Waals surface area contributed by atoms with Crippen LogP contribution in [0.4, 0.5) is 0 Å². The summed E-state index contributed by atoms with van der Waals surface area (Å²) in [4.78, 5) is 14.8. The second-order valence-electron chi connectivity index (χ2n) is 8.57. The van der Waals surface area contributed by atoms with Crippen LogP contribution in [0.25, 0.3) is 0 Å². The fourth-order valence-electron chi connectivity index (χ4n) is 6.23. The normalized spacial score (nSPS) is 44.1. The lowest BCUT2D eigenvalue weighted by Crippen LogP contribution is -2.54. The summed E-state index contributed by atoms with van der Waals surface area (Å²) < 4.78 is 0.338. The van der Waals surface area contributed by atoms with E-state index < -0.39 is 0 Å². The molecule has 0 N–H and O–H groups in total. The van der Waals surface area contributed by atoms with Crippen molar-refractivity contribution in [1.82, 2.24) is 4.90 Å². The lowest BCUT2D eigenvalue weighted by molar-refractivity contribution is -0.139. The number of alkyl halides is 1. The van der Waals surface area contributed by atoms with Gasteiger partial charge in [-0.1, -0.05) is 15.9 Å². The van der Waals surface area contributed by atoms with E-state index in [0.29, 0.717) is 10.2 Å². The second kappa shape index (κ2) is 5.23. The van der Waals surface area contributed by atoms with Gasteiger partial charge in [-0.2, -0.15) is 5.26 Å². The maximum absolute atomic E-state index is 12.8. The lowest BCUT2D eigenvalue weighted by atomic mass is 9.48. The van der Waals surface area contributed by atoms with E-state index in [1.807, 2.05) is 4.90 Å². The van der Waals surface area contributed by atoms with Crippen molar-refractivity contribution in [3.63, 3.8) is 0 Å². The topological polar surface area (TPSA) is 44.1 Å². The van der Waals surface area contributed by atoms with Crippen LogP contribution in [-0.4, -0.2) is 28.2 Å². The first-order chi connectivity index (χ1) is 10.5. The zero-order chi connectivity index (χ0) is 15.4. The van der Waals surface area contributed by atoms with Gasteiger partial charge in [-0.05, 0) is 68.6 Å². The molecule has 4 heteroatoms. The molecule has 1 heterocycles. The summed E-state index contributed by atoms with van der Waals surface area (Å²) in [5, 5.41) is 9.00. The third kappa shape index (κ3) is 2.60. The molecule has 0 radical (unpaired) electrons. The molecule has 0 unspecified atom stereocenters. The number of amides is 1. The zero-order valence-corrected chi connectivity index (χ0v) is 14.8. The second-order valence-corrected chi connectivity index (χ2v) is 10.3. The highest BCUT2D eigenvalue weighted by molar-refractivity contribution is 9.10. The van der Waals surface area contributed by atoms with Crippen LogP contribution in [-0.2, 0) is 4.79 Å². The molecular formula is C18H25BrN2O. The van der Waals surface area contributed by atoms with Crippen LogP contribution >= 0.6 is 15.9 Å². The van der Waals surface area contributed by atoms with Crippen molar-refractivity contribution < 1.29 is 4.79 Å². The Hall–Kier alpha value is -0.560. The van der Waals surface area contributed by atoms with Crippen molar-refractivity contribution in [2.45, 2.75) is 62.1 Å².